The van der Waals surface area contributed by atoms with E-state index in [4.69, 9.17) is 0 Å². The van der Waals surface area contributed by atoms with Crippen LogP contribution in [0, 0.1) is 5.92 Å². The summed E-state index contributed by atoms with van der Waals surface area (Å²) >= 11 is 0. The summed E-state index contributed by atoms with van der Waals surface area (Å²) in [7, 11) is 0. The molecule has 3 heterocycles. The van der Waals surface area contributed by atoms with Gasteiger partial charge in [0.15, 0.2) is 0 Å². The Morgan fingerprint density at radius 3 is 2.89 bits per heavy atom. The highest BCUT2D eigenvalue weighted by atomic mass is 15.3. The monoisotopic (exact) mass is 265 g/mol. The molecule has 0 aliphatic carbocycles. The Kier molecular flexibility index (Phi) is 4.78. The number of rotatable bonds is 3. The Morgan fingerprint density at radius 1 is 1.11 bits per heavy atom. The second-order valence-electron chi connectivity index (χ2n) is 6.89. The van der Waals surface area contributed by atoms with Crippen molar-refractivity contribution in [2.45, 2.75) is 57.5 Å². The van der Waals surface area contributed by atoms with Gasteiger partial charge in [-0.15, -0.1) is 0 Å². The van der Waals surface area contributed by atoms with E-state index in [9.17, 15) is 0 Å². The molecule has 3 nitrogen and oxygen atoms in total. The van der Waals surface area contributed by atoms with Crippen molar-refractivity contribution < 1.29 is 0 Å². The molecule has 0 saturated carbocycles. The number of nitrogens with one attached hydrogen (secondary N) is 1. The summed E-state index contributed by atoms with van der Waals surface area (Å²) in [6, 6.07) is 1.62. The van der Waals surface area contributed by atoms with Crippen LogP contribution in [0.1, 0.15) is 45.4 Å². The quantitative estimate of drug-likeness (QED) is 0.841. The first-order chi connectivity index (χ1) is 9.35. The number of piperidine rings is 1. The van der Waals surface area contributed by atoms with E-state index >= 15 is 0 Å². The van der Waals surface area contributed by atoms with Crippen molar-refractivity contribution in [3.8, 4) is 0 Å². The van der Waals surface area contributed by atoms with E-state index in [0.717, 1.165) is 18.0 Å². The molecule has 0 amide bonds. The fourth-order valence-electron chi connectivity index (χ4n) is 4.37. The Balaban J connectivity index is 1.51. The normalized spacial score (nSPS) is 38.1. The molecule has 3 aliphatic rings. The molecule has 3 saturated heterocycles. The average molecular weight is 265 g/mol. The van der Waals surface area contributed by atoms with E-state index in [-0.39, 0.29) is 0 Å². The molecule has 1 N–H and O–H groups in total. The molecular weight excluding hydrogens is 234 g/mol. The third-order valence-electron chi connectivity index (χ3n) is 5.55. The van der Waals surface area contributed by atoms with Gasteiger partial charge in [-0.3, -0.25) is 4.90 Å². The van der Waals surface area contributed by atoms with Gasteiger partial charge in [0, 0.05) is 25.2 Å². The molecule has 0 aromatic rings. The van der Waals surface area contributed by atoms with E-state index in [1.165, 1.54) is 77.8 Å². The van der Waals surface area contributed by atoms with E-state index in [1.807, 2.05) is 0 Å². The van der Waals surface area contributed by atoms with E-state index in [2.05, 4.69) is 22.0 Å². The lowest BCUT2D eigenvalue weighted by Gasteiger charge is -2.34. The smallest absolute Gasteiger partial charge is 0.0223 e. The number of fused-ring (bicyclic) bond motifs is 1. The SMILES string of the molecule is CCC1CCNC(CN2CCCN3CCCC3C2)C1. The standard InChI is InChI=1S/C16H31N3/c1-2-14-6-7-17-15(11-14)12-18-8-4-10-19-9-3-5-16(19)13-18/h14-17H,2-13H2,1H3. The van der Waals surface area contributed by atoms with Crippen molar-refractivity contribution in [3.05, 3.63) is 0 Å². The van der Waals surface area contributed by atoms with Gasteiger partial charge in [0.1, 0.15) is 0 Å². The first kappa shape index (κ1) is 13.8. The highest BCUT2D eigenvalue weighted by molar-refractivity contribution is 4.87. The summed E-state index contributed by atoms with van der Waals surface area (Å²) in [5, 5.41) is 3.76. The Labute approximate surface area is 118 Å². The lowest BCUT2D eigenvalue weighted by atomic mass is 9.90. The zero-order valence-corrected chi connectivity index (χ0v) is 12.6. The molecule has 0 spiro atoms. The van der Waals surface area contributed by atoms with Crippen LogP contribution in [0.3, 0.4) is 0 Å². The molecule has 3 atom stereocenters. The number of hydrogen-bond acceptors (Lipinski definition) is 3. The number of nitrogens with zero attached hydrogens (tertiary/aromatic N) is 2. The topological polar surface area (TPSA) is 18.5 Å². The maximum atomic E-state index is 3.76. The van der Waals surface area contributed by atoms with Crippen LogP contribution in [0.2, 0.25) is 0 Å². The molecule has 0 radical (unpaired) electrons. The van der Waals surface area contributed by atoms with Crippen LogP contribution in [-0.4, -0.2) is 61.2 Å². The van der Waals surface area contributed by atoms with Crippen LogP contribution >= 0.6 is 0 Å². The maximum Gasteiger partial charge on any atom is 0.0223 e. The maximum absolute atomic E-state index is 3.76. The highest BCUT2D eigenvalue weighted by Gasteiger charge is 2.30. The lowest BCUT2D eigenvalue weighted by Crippen LogP contribution is -2.47. The first-order valence-electron chi connectivity index (χ1n) is 8.55. The zero-order valence-electron chi connectivity index (χ0n) is 12.6. The Morgan fingerprint density at radius 2 is 2.00 bits per heavy atom. The van der Waals surface area contributed by atoms with Gasteiger partial charge < -0.3 is 10.2 Å². The van der Waals surface area contributed by atoms with Gasteiger partial charge in [0.05, 0.1) is 0 Å². The zero-order chi connectivity index (χ0) is 13.1. The van der Waals surface area contributed by atoms with Crippen molar-refractivity contribution in [2.24, 2.45) is 5.92 Å². The van der Waals surface area contributed by atoms with Crippen molar-refractivity contribution in [3.63, 3.8) is 0 Å². The molecule has 0 aromatic heterocycles. The molecule has 3 rings (SSSR count). The summed E-state index contributed by atoms with van der Waals surface area (Å²) in [5.41, 5.74) is 0. The minimum absolute atomic E-state index is 0.756. The van der Waals surface area contributed by atoms with Crippen molar-refractivity contribution in [1.82, 2.24) is 15.1 Å². The van der Waals surface area contributed by atoms with Crippen LogP contribution < -0.4 is 5.32 Å². The predicted octanol–water partition coefficient (Wildman–Crippen LogP) is 1.93. The van der Waals surface area contributed by atoms with Gasteiger partial charge in [0.2, 0.25) is 0 Å². The second kappa shape index (κ2) is 6.55. The summed E-state index contributed by atoms with van der Waals surface area (Å²) in [5.74, 6) is 0.973. The summed E-state index contributed by atoms with van der Waals surface area (Å²) in [6.07, 6.45) is 8.41. The van der Waals surface area contributed by atoms with Crippen LogP contribution in [0.15, 0.2) is 0 Å². The minimum atomic E-state index is 0.756. The van der Waals surface area contributed by atoms with Gasteiger partial charge in [-0.2, -0.15) is 0 Å². The van der Waals surface area contributed by atoms with Crippen LogP contribution in [-0.2, 0) is 0 Å². The molecule has 0 aromatic carbocycles. The Hall–Kier alpha value is -0.120. The van der Waals surface area contributed by atoms with E-state index < -0.39 is 0 Å². The highest BCUT2D eigenvalue weighted by Crippen LogP contribution is 2.23. The summed E-state index contributed by atoms with van der Waals surface area (Å²) in [6.45, 7) is 10.2. The number of hydrogen-bond donors (Lipinski definition) is 1. The van der Waals surface area contributed by atoms with Crippen molar-refractivity contribution in [2.75, 3.05) is 39.3 Å². The molecule has 3 unspecified atom stereocenters. The molecule has 3 aliphatic heterocycles. The van der Waals surface area contributed by atoms with E-state index in [1.54, 1.807) is 0 Å². The van der Waals surface area contributed by atoms with Gasteiger partial charge in [-0.05, 0) is 64.2 Å². The Bertz CT molecular complexity index is 281. The van der Waals surface area contributed by atoms with Crippen molar-refractivity contribution >= 4 is 0 Å². The first-order valence-corrected chi connectivity index (χ1v) is 8.55. The second-order valence-corrected chi connectivity index (χ2v) is 6.89. The average Bonchev–Trinajstić information content (AvgIpc) is 2.78. The third kappa shape index (κ3) is 3.50. The summed E-state index contributed by atoms with van der Waals surface area (Å²) in [4.78, 5) is 5.49. The minimum Gasteiger partial charge on any atom is -0.313 e. The molecule has 3 fully saturated rings. The molecule has 3 heteroatoms. The molecule has 110 valence electrons. The van der Waals surface area contributed by atoms with E-state index in [0.29, 0.717) is 0 Å². The molecular formula is C16H31N3. The molecule has 0 bridgehead atoms. The van der Waals surface area contributed by atoms with Crippen LogP contribution in [0.4, 0.5) is 0 Å². The van der Waals surface area contributed by atoms with Crippen molar-refractivity contribution in [1.29, 1.82) is 0 Å². The van der Waals surface area contributed by atoms with Gasteiger partial charge in [-0.25, -0.2) is 0 Å². The van der Waals surface area contributed by atoms with Gasteiger partial charge in [0.25, 0.3) is 0 Å². The largest absolute Gasteiger partial charge is 0.313 e. The fraction of sp³-hybridized carbons (Fsp3) is 1.00. The van der Waals surface area contributed by atoms with Crippen LogP contribution in [0.25, 0.3) is 0 Å². The van der Waals surface area contributed by atoms with Gasteiger partial charge in [-0.1, -0.05) is 13.3 Å². The molecule has 19 heavy (non-hydrogen) atoms. The predicted molar refractivity (Wildman–Crippen MR) is 80.5 cm³/mol. The lowest BCUT2D eigenvalue weighted by molar-refractivity contribution is 0.181. The van der Waals surface area contributed by atoms with Crippen LogP contribution in [0.5, 0.6) is 0 Å². The fourth-order valence-corrected chi connectivity index (χ4v) is 4.37. The summed E-state index contributed by atoms with van der Waals surface area (Å²) < 4.78 is 0. The van der Waals surface area contributed by atoms with Gasteiger partial charge >= 0.3 is 0 Å². The third-order valence-corrected chi connectivity index (χ3v) is 5.55.